The van der Waals surface area contributed by atoms with Gasteiger partial charge >= 0.3 is 0 Å². The summed E-state index contributed by atoms with van der Waals surface area (Å²) in [5.74, 6) is 0.873. The Morgan fingerprint density at radius 1 is 1.00 bits per heavy atom. The number of hydrogen-bond acceptors (Lipinski definition) is 2. The predicted molar refractivity (Wildman–Crippen MR) is 74.8 cm³/mol. The standard InChI is InChI=1S/C16H19NO/c1-12-5-3-7-14(9-12)16(17)11-18-15-8-4-6-13(2)10-15/h3-10,16H,11,17H2,1-2H3. The molecular formula is C16H19NO. The first-order chi connectivity index (χ1) is 8.65. The van der Waals surface area contributed by atoms with Crippen molar-refractivity contribution in [1.82, 2.24) is 0 Å². The van der Waals surface area contributed by atoms with Gasteiger partial charge in [-0.1, -0.05) is 42.0 Å². The van der Waals surface area contributed by atoms with Crippen LogP contribution in [-0.2, 0) is 0 Å². The van der Waals surface area contributed by atoms with E-state index in [0.29, 0.717) is 6.61 Å². The Balaban J connectivity index is 1.98. The maximum absolute atomic E-state index is 6.12. The maximum Gasteiger partial charge on any atom is 0.119 e. The third-order valence-electron chi connectivity index (χ3n) is 2.89. The molecule has 0 aliphatic carbocycles. The lowest BCUT2D eigenvalue weighted by atomic mass is 10.1. The van der Waals surface area contributed by atoms with Gasteiger partial charge in [0.2, 0.25) is 0 Å². The fourth-order valence-electron chi connectivity index (χ4n) is 1.89. The van der Waals surface area contributed by atoms with Crippen LogP contribution in [0.25, 0.3) is 0 Å². The van der Waals surface area contributed by atoms with Gasteiger partial charge in [0.25, 0.3) is 0 Å². The SMILES string of the molecule is Cc1cccc(OCC(N)c2cccc(C)c2)c1. The molecule has 0 radical (unpaired) electrons. The van der Waals surface area contributed by atoms with E-state index in [9.17, 15) is 0 Å². The number of nitrogens with two attached hydrogens (primary N) is 1. The lowest BCUT2D eigenvalue weighted by Gasteiger charge is -2.14. The minimum absolute atomic E-state index is 0.0922. The van der Waals surface area contributed by atoms with Crippen molar-refractivity contribution in [2.24, 2.45) is 5.73 Å². The highest BCUT2D eigenvalue weighted by molar-refractivity contribution is 5.28. The normalized spacial score (nSPS) is 12.2. The van der Waals surface area contributed by atoms with Crippen LogP contribution in [0, 0.1) is 13.8 Å². The van der Waals surface area contributed by atoms with Crippen LogP contribution in [0.2, 0.25) is 0 Å². The lowest BCUT2D eigenvalue weighted by Crippen LogP contribution is -2.19. The molecule has 1 atom stereocenters. The highest BCUT2D eigenvalue weighted by Gasteiger charge is 2.06. The van der Waals surface area contributed by atoms with E-state index in [1.54, 1.807) is 0 Å². The number of ether oxygens (including phenoxy) is 1. The molecule has 2 aromatic rings. The van der Waals surface area contributed by atoms with Crippen LogP contribution in [0.1, 0.15) is 22.7 Å². The zero-order chi connectivity index (χ0) is 13.0. The molecular weight excluding hydrogens is 222 g/mol. The molecule has 0 saturated carbocycles. The topological polar surface area (TPSA) is 35.2 Å². The number of rotatable bonds is 4. The second-order valence-electron chi connectivity index (χ2n) is 4.65. The van der Waals surface area contributed by atoms with Crippen molar-refractivity contribution in [2.75, 3.05) is 6.61 Å². The molecule has 0 heterocycles. The predicted octanol–water partition coefficient (Wildman–Crippen LogP) is 3.38. The highest BCUT2D eigenvalue weighted by Crippen LogP contribution is 2.16. The van der Waals surface area contributed by atoms with E-state index < -0.39 is 0 Å². The van der Waals surface area contributed by atoms with E-state index >= 15 is 0 Å². The summed E-state index contributed by atoms with van der Waals surface area (Å²) in [4.78, 5) is 0. The van der Waals surface area contributed by atoms with Crippen LogP contribution in [0.3, 0.4) is 0 Å². The van der Waals surface area contributed by atoms with Crippen LogP contribution >= 0.6 is 0 Å². The molecule has 0 spiro atoms. The van der Waals surface area contributed by atoms with Crippen LogP contribution in [0.5, 0.6) is 5.75 Å². The molecule has 0 bridgehead atoms. The molecule has 0 fully saturated rings. The van der Waals surface area contributed by atoms with Crippen molar-refractivity contribution >= 4 is 0 Å². The van der Waals surface area contributed by atoms with E-state index in [0.717, 1.165) is 11.3 Å². The van der Waals surface area contributed by atoms with Crippen molar-refractivity contribution < 1.29 is 4.74 Å². The van der Waals surface area contributed by atoms with Crippen molar-refractivity contribution in [3.63, 3.8) is 0 Å². The summed E-state index contributed by atoms with van der Waals surface area (Å²) in [6.45, 7) is 4.61. The Bertz CT molecular complexity index is 522. The van der Waals surface area contributed by atoms with Crippen LogP contribution in [0.15, 0.2) is 48.5 Å². The fraction of sp³-hybridized carbons (Fsp3) is 0.250. The molecule has 0 amide bonds. The molecule has 2 N–H and O–H groups in total. The third-order valence-corrected chi connectivity index (χ3v) is 2.89. The molecule has 0 aromatic heterocycles. The molecule has 0 saturated heterocycles. The summed E-state index contributed by atoms with van der Waals surface area (Å²) in [5.41, 5.74) is 9.65. The van der Waals surface area contributed by atoms with Gasteiger partial charge in [0.15, 0.2) is 0 Å². The van der Waals surface area contributed by atoms with Gasteiger partial charge in [-0.05, 0) is 37.1 Å². The Morgan fingerprint density at radius 2 is 1.67 bits per heavy atom. The summed E-state index contributed by atoms with van der Waals surface area (Å²) in [5, 5.41) is 0. The Labute approximate surface area is 108 Å². The molecule has 2 nitrogen and oxygen atoms in total. The molecule has 2 aromatic carbocycles. The van der Waals surface area contributed by atoms with E-state index in [2.05, 4.69) is 19.1 Å². The van der Waals surface area contributed by atoms with Crippen LogP contribution in [0.4, 0.5) is 0 Å². The van der Waals surface area contributed by atoms with Crippen molar-refractivity contribution in [2.45, 2.75) is 19.9 Å². The number of aryl methyl sites for hydroxylation is 2. The zero-order valence-corrected chi connectivity index (χ0v) is 10.9. The summed E-state index contributed by atoms with van der Waals surface area (Å²) >= 11 is 0. The monoisotopic (exact) mass is 241 g/mol. The first-order valence-corrected chi connectivity index (χ1v) is 6.17. The van der Waals surface area contributed by atoms with E-state index in [-0.39, 0.29) is 6.04 Å². The van der Waals surface area contributed by atoms with Gasteiger partial charge in [-0.2, -0.15) is 0 Å². The minimum atomic E-state index is -0.0922. The summed E-state index contributed by atoms with van der Waals surface area (Å²) in [7, 11) is 0. The molecule has 94 valence electrons. The molecule has 2 rings (SSSR count). The van der Waals surface area contributed by atoms with Crippen LogP contribution < -0.4 is 10.5 Å². The second kappa shape index (κ2) is 5.69. The summed E-state index contributed by atoms with van der Waals surface area (Å²) in [6.07, 6.45) is 0. The van der Waals surface area contributed by atoms with Crippen molar-refractivity contribution in [1.29, 1.82) is 0 Å². The molecule has 0 aliphatic rings. The molecule has 0 aliphatic heterocycles. The van der Waals surface area contributed by atoms with Gasteiger partial charge in [0, 0.05) is 0 Å². The van der Waals surface area contributed by atoms with Gasteiger partial charge in [0.1, 0.15) is 12.4 Å². The first-order valence-electron chi connectivity index (χ1n) is 6.17. The quantitative estimate of drug-likeness (QED) is 0.890. The van der Waals surface area contributed by atoms with Gasteiger partial charge in [-0.15, -0.1) is 0 Å². The Morgan fingerprint density at radius 3 is 2.33 bits per heavy atom. The van der Waals surface area contributed by atoms with Gasteiger partial charge in [-0.25, -0.2) is 0 Å². The average molecular weight is 241 g/mol. The van der Waals surface area contributed by atoms with E-state index in [1.165, 1.54) is 11.1 Å². The summed E-state index contributed by atoms with van der Waals surface area (Å²) in [6, 6.07) is 16.1. The van der Waals surface area contributed by atoms with Gasteiger partial charge < -0.3 is 10.5 Å². The van der Waals surface area contributed by atoms with Crippen LogP contribution in [-0.4, -0.2) is 6.61 Å². The van der Waals surface area contributed by atoms with E-state index in [1.807, 2.05) is 43.3 Å². The maximum atomic E-state index is 6.12. The van der Waals surface area contributed by atoms with Gasteiger partial charge in [-0.3, -0.25) is 0 Å². The van der Waals surface area contributed by atoms with Crippen molar-refractivity contribution in [3.8, 4) is 5.75 Å². The lowest BCUT2D eigenvalue weighted by molar-refractivity contribution is 0.290. The number of benzene rings is 2. The molecule has 2 heteroatoms. The highest BCUT2D eigenvalue weighted by atomic mass is 16.5. The smallest absolute Gasteiger partial charge is 0.119 e. The third kappa shape index (κ3) is 3.34. The van der Waals surface area contributed by atoms with Gasteiger partial charge in [0.05, 0.1) is 6.04 Å². The van der Waals surface area contributed by atoms with E-state index in [4.69, 9.17) is 10.5 Å². The zero-order valence-electron chi connectivity index (χ0n) is 10.9. The van der Waals surface area contributed by atoms with Crippen molar-refractivity contribution in [3.05, 3.63) is 65.2 Å². The average Bonchev–Trinajstić information content (AvgIpc) is 2.36. The minimum Gasteiger partial charge on any atom is -0.492 e. The first kappa shape index (κ1) is 12.7. The Kier molecular flexibility index (Phi) is 4.00. The molecule has 18 heavy (non-hydrogen) atoms. The summed E-state index contributed by atoms with van der Waals surface area (Å²) < 4.78 is 5.72. The Hall–Kier alpha value is -1.80. The second-order valence-corrected chi connectivity index (χ2v) is 4.65. The molecule has 1 unspecified atom stereocenters. The fourth-order valence-corrected chi connectivity index (χ4v) is 1.89. The number of hydrogen-bond donors (Lipinski definition) is 1. The largest absolute Gasteiger partial charge is 0.492 e.